The van der Waals surface area contributed by atoms with Crippen LogP contribution in [0.4, 0.5) is 0 Å². The van der Waals surface area contributed by atoms with E-state index in [1.807, 2.05) is 45.0 Å². The van der Waals surface area contributed by atoms with Crippen LogP contribution in [0.1, 0.15) is 16.8 Å². The lowest BCUT2D eigenvalue weighted by Crippen LogP contribution is -1.96. The van der Waals surface area contributed by atoms with Gasteiger partial charge in [0.15, 0.2) is 0 Å². The van der Waals surface area contributed by atoms with Crippen LogP contribution in [0.2, 0.25) is 0 Å². The number of aryl methyl sites for hydroxylation is 2. The van der Waals surface area contributed by atoms with Crippen molar-refractivity contribution in [3.8, 4) is 11.6 Å². The molecule has 3 nitrogen and oxygen atoms in total. The van der Waals surface area contributed by atoms with Gasteiger partial charge in [-0.3, -0.25) is 0 Å². The summed E-state index contributed by atoms with van der Waals surface area (Å²) < 4.78 is 1.57. The molecule has 0 amide bonds. The minimum atomic E-state index is 0.220. The van der Waals surface area contributed by atoms with Crippen molar-refractivity contribution >= 4 is 0 Å². The number of hydrogen-bond donors (Lipinski definition) is 1. The third-order valence-electron chi connectivity index (χ3n) is 2.57. The molecular formula is C12H14N2O. The molecule has 78 valence electrons. The Balaban J connectivity index is 2.59. The molecule has 2 aromatic rings. The molecule has 1 heterocycles. The standard InChI is InChI=1S/C12H14N2O/c1-8-5-4-6-11(7-8)14-12(15)9(2)10(3)13-14/h4-7,15H,1-3H3. The quantitative estimate of drug-likeness (QED) is 0.771. The molecule has 0 saturated heterocycles. The molecule has 0 saturated carbocycles. The van der Waals surface area contributed by atoms with Crippen LogP contribution in [-0.2, 0) is 0 Å². The van der Waals surface area contributed by atoms with Gasteiger partial charge < -0.3 is 5.11 Å². The fourth-order valence-corrected chi connectivity index (χ4v) is 1.53. The summed E-state index contributed by atoms with van der Waals surface area (Å²) in [5.74, 6) is 0.220. The highest BCUT2D eigenvalue weighted by atomic mass is 16.3. The topological polar surface area (TPSA) is 38.0 Å². The molecule has 1 aromatic carbocycles. The van der Waals surface area contributed by atoms with Crippen LogP contribution in [0.25, 0.3) is 5.69 Å². The van der Waals surface area contributed by atoms with E-state index in [9.17, 15) is 5.11 Å². The maximum atomic E-state index is 9.86. The Morgan fingerprint density at radius 2 is 1.93 bits per heavy atom. The fraction of sp³-hybridized carbons (Fsp3) is 0.250. The van der Waals surface area contributed by atoms with Gasteiger partial charge in [0, 0.05) is 5.56 Å². The molecule has 0 spiro atoms. The number of aromatic nitrogens is 2. The molecule has 3 heteroatoms. The van der Waals surface area contributed by atoms with Crippen molar-refractivity contribution in [2.45, 2.75) is 20.8 Å². The summed E-state index contributed by atoms with van der Waals surface area (Å²) in [5.41, 5.74) is 3.73. The van der Waals surface area contributed by atoms with E-state index in [2.05, 4.69) is 5.10 Å². The molecule has 0 bridgehead atoms. The predicted octanol–water partition coefficient (Wildman–Crippen LogP) is 2.50. The van der Waals surface area contributed by atoms with Gasteiger partial charge in [0.05, 0.1) is 11.4 Å². The van der Waals surface area contributed by atoms with Crippen LogP contribution in [0.15, 0.2) is 24.3 Å². The van der Waals surface area contributed by atoms with E-state index in [0.29, 0.717) is 0 Å². The van der Waals surface area contributed by atoms with Crippen molar-refractivity contribution in [2.24, 2.45) is 0 Å². The molecule has 0 radical (unpaired) electrons. The first-order chi connectivity index (χ1) is 7.09. The molecule has 0 aliphatic heterocycles. The second kappa shape index (κ2) is 3.42. The number of hydrogen-bond acceptors (Lipinski definition) is 2. The van der Waals surface area contributed by atoms with Crippen LogP contribution >= 0.6 is 0 Å². The highest BCUT2D eigenvalue weighted by Gasteiger charge is 2.11. The Labute approximate surface area is 89.0 Å². The van der Waals surface area contributed by atoms with Crippen molar-refractivity contribution < 1.29 is 5.11 Å². The fourth-order valence-electron chi connectivity index (χ4n) is 1.53. The molecule has 0 aliphatic rings. The van der Waals surface area contributed by atoms with E-state index in [1.165, 1.54) is 0 Å². The molecule has 0 unspecified atom stereocenters. The molecule has 2 rings (SSSR count). The largest absolute Gasteiger partial charge is 0.493 e. The summed E-state index contributed by atoms with van der Waals surface area (Å²) in [4.78, 5) is 0. The molecule has 1 aromatic heterocycles. The Morgan fingerprint density at radius 1 is 1.20 bits per heavy atom. The van der Waals surface area contributed by atoms with Gasteiger partial charge in [0.2, 0.25) is 5.88 Å². The van der Waals surface area contributed by atoms with Gasteiger partial charge >= 0.3 is 0 Å². The van der Waals surface area contributed by atoms with E-state index >= 15 is 0 Å². The van der Waals surface area contributed by atoms with Crippen molar-refractivity contribution in [2.75, 3.05) is 0 Å². The molecule has 0 atom stereocenters. The van der Waals surface area contributed by atoms with E-state index in [1.54, 1.807) is 4.68 Å². The highest BCUT2D eigenvalue weighted by Crippen LogP contribution is 2.23. The van der Waals surface area contributed by atoms with E-state index in [0.717, 1.165) is 22.5 Å². The van der Waals surface area contributed by atoms with Gasteiger partial charge in [-0.05, 0) is 38.5 Å². The smallest absolute Gasteiger partial charge is 0.217 e. The van der Waals surface area contributed by atoms with Gasteiger partial charge in [-0.2, -0.15) is 5.10 Å². The van der Waals surface area contributed by atoms with Gasteiger partial charge in [-0.25, -0.2) is 4.68 Å². The second-order valence-electron chi connectivity index (χ2n) is 3.78. The Hall–Kier alpha value is -1.77. The van der Waals surface area contributed by atoms with Crippen molar-refractivity contribution in [1.29, 1.82) is 0 Å². The lowest BCUT2D eigenvalue weighted by molar-refractivity contribution is 0.430. The van der Waals surface area contributed by atoms with Crippen LogP contribution in [0.5, 0.6) is 5.88 Å². The van der Waals surface area contributed by atoms with Crippen LogP contribution < -0.4 is 0 Å². The van der Waals surface area contributed by atoms with Gasteiger partial charge in [-0.15, -0.1) is 0 Å². The first-order valence-electron chi connectivity index (χ1n) is 4.92. The molecule has 0 aliphatic carbocycles. The number of nitrogens with zero attached hydrogens (tertiary/aromatic N) is 2. The minimum Gasteiger partial charge on any atom is -0.493 e. The third kappa shape index (κ3) is 1.61. The maximum absolute atomic E-state index is 9.86. The SMILES string of the molecule is Cc1cccc(-n2nc(C)c(C)c2O)c1. The van der Waals surface area contributed by atoms with Crippen molar-refractivity contribution in [3.05, 3.63) is 41.1 Å². The zero-order valence-corrected chi connectivity index (χ0v) is 9.15. The van der Waals surface area contributed by atoms with Gasteiger partial charge in [0.25, 0.3) is 0 Å². The summed E-state index contributed by atoms with van der Waals surface area (Å²) in [7, 11) is 0. The van der Waals surface area contributed by atoms with E-state index in [-0.39, 0.29) is 5.88 Å². The highest BCUT2D eigenvalue weighted by molar-refractivity contribution is 5.41. The normalized spacial score (nSPS) is 10.6. The number of aromatic hydroxyl groups is 1. The first kappa shape index (κ1) is 9.77. The third-order valence-corrected chi connectivity index (χ3v) is 2.57. The Kier molecular flexibility index (Phi) is 2.23. The zero-order valence-electron chi connectivity index (χ0n) is 9.15. The van der Waals surface area contributed by atoms with Crippen LogP contribution in [-0.4, -0.2) is 14.9 Å². The molecular weight excluding hydrogens is 188 g/mol. The van der Waals surface area contributed by atoms with E-state index in [4.69, 9.17) is 0 Å². The lowest BCUT2D eigenvalue weighted by Gasteiger charge is -2.03. The summed E-state index contributed by atoms with van der Waals surface area (Å²) in [5, 5.41) is 14.2. The average molecular weight is 202 g/mol. The van der Waals surface area contributed by atoms with E-state index < -0.39 is 0 Å². The summed E-state index contributed by atoms with van der Waals surface area (Å²) in [6.45, 7) is 5.77. The maximum Gasteiger partial charge on any atom is 0.217 e. The Morgan fingerprint density at radius 3 is 2.47 bits per heavy atom. The monoisotopic (exact) mass is 202 g/mol. The minimum absolute atomic E-state index is 0.220. The number of benzene rings is 1. The lowest BCUT2D eigenvalue weighted by atomic mass is 10.2. The molecule has 15 heavy (non-hydrogen) atoms. The molecule has 1 N–H and O–H groups in total. The first-order valence-corrected chi connectivity index (χ1v) is 4.92. The van der Waals surface area contributed by atoms with Gasteiger partial charge in [0.1, 0.15) is 0 Å². The van der Waals surface area contributed by atoms with Crippen molar-refractivity contribution in [3.63, 3.8) is 0 Å². The summed E-state index contributed by atoms with van der Waals surface area (Å²) in [6.07, 6.45) is 0. The predicted molar refractivity (Wildman–Crippen MR) is 59.4 cm³/mol. The van der Waals surface area contributed by atoms with Crippen LogP contribution in [0.3, 0.4) is 0 Å². The Bertz CT molecular complexity index is 500. The second-order valence-corrected chi connectivity index (χ2v) is 3.78. The zero-order chi connectivity index (χ0) is 11.0. The van der Waals surface area contributed by atoms with Crippen LogP contribution in [0, 0.1) is 20.8 Å². The summed E-state index contributed by atoms with van der Waals surface area (Å²) in [6, 6.07) is 7.89. The van der Waals surface area contributed by atoms with Crippen molar-refractivity contribution in [1.82, 2.24) is 9.78 Å². The average Bonchev–Trinajstić information content (AvgIpc) is 2.46. The van der Waals surface area contributed by atoms with Gasteiger partial charge in [-0.1, -0.05) is 12.1 Å². The molecule has 0 fully saturated rings. The number of rotatable bonds is 1. The summed E-state index contributed by atoms with van der Waals surface area (Å²) >= 11 is 0.